The molecule has 0 aliphatic heterocycles. The summed E-state index contributed by atoms with van der Waals surface area (Å²) in [6, 6.07) is 3.43. The molecule has 0 saturated carbocycles. The number of hydrogen-bond donors (Lipinski definition) is 1. The zero-order chi connectivity index (χ0) is 12.1. The molecule has 4 nitrogen and oxygen atoms in total. The van der Waals surface area contributed by atoms with E-state index in [-0.39, 0.29) is 6.04 Å². The van der Waals surface area contributed by atoms with Crippen molar-refractivity contribution in [2.45, 2.75) is 19.4 Å². The number of carbonyl (C=O) groups is 1. The Labute approximate surface area is 95.3 Å². The van der Waals surface area contributed by atoms with Gasteiger partial charge in [-0.15, -0.1) is 0 Å². The Kier molecular flexibility index (Phi) is 4.31. The van der Waals surface area contributed by atoms with Crippen LogP contribution in [0.1, 0.15) is 22.8 Å². The highest BCUT2D eigenvalue weighted by molar-refractivity contribution is 5.77. The maximum absolute atomic E-state index is 10.8. The van der Waals surface area contributed by atoms with Crippen LogP contribution >= 0.6 is 0 Å². The topological polar surface area (TPSA) is 61.5 Å². The zero-order valence-electron chi connectivity index (χ0n) is 9.82. The van der Waals surface area contributed by atoms with E-state index in [1.54, 1.807) is 26.4 Å². The van der Waals surface area contributed by atoms with Crippen molar-refractivity contribution >= 4 is 6.29 Å². The highest BCUT2D eigenvalue weighted by Gasteiger charge is 2.13. The predicted molar refractivity (Wildman–Crippen MR) is 62.3 cm³/mol. The molecule has 2 N–H and O–H groups in total. The van der Waals surface area contributed by atoms with Gasteiger partial charge in [-0.3, -0.25) is 4.79 Å². The van der Waals surface area contributed by atoms with Gasteiger partial charge in [0, 0.05) is 17.2 Å². The fraction of sp³-hybridized carbons (Fsp3) is 0.417. The van der Waals surface area contributed by atoms with Crippen molar-refractivity contribution in [1.29, 1.82) is 0 Å². The number of hydrogen-bond acceptors (Lipinski definition) is 4. The molecule has 0 bridgehead atoms. The molecule has 0 amide bonds. The molecule has 1 atom stereocenters. The molecular weight excluding hydrogens is 206 g/mol. The standard InChI is InChI=1S/C12H17NO3/c1-8(13)4-10-5-9(7-14)6-11(15-2)12(10)16-3/h5-8H,4,13H2,1-3H3. The highest BCUT2D eigenvalue weighted by atomic mass is 16.5. The summed E-state index contributed by atoms with van der Waals surface area (Å²) in [5.41, 5.74) is 7.20. The van der Waals surface area contributed by atoms with Crippen molar-refractivity contribution in [3.8, 4) is 11.5 Å². The minimum atomic E-state index is 0.000471. The number of ether oxygens (including phenoxy) is 2. The minimum Gasteiger partial charge on any atom is -0.493 e. The lowest BCUT2D eigenvalue weighted by atomic mass is 10.0. The van der Waals surface area contributed by atoms with E-state index in [4.69, 9.17) is 15.2 Å². The Balaban J connectivity index is 3.25. The van der Waals surface area contributed by atoms with Crippen molar-refractivity contribution in [3.63, 3.8) is 0 Å². The lowest BCUT2D eigenvalue weighted by Gasteiger charge is -2.14. The van der Waals surface area contributed by atoms with Crippen LogP contribution in [0.2, 0.25) is 0 Å². The number of nitrogens with two attached hydrogens (primary N) is 1. The molecule has 0 fully saturated rings. The molecule has 1 aromatic carbocycles. The van der Waals surface area contributed by atoms with Crippen LogP contribution in [0, 0.1) is 0 Å². The van der Waals surface area contributed by atoms with E-state index in [2.05, 4.69) is 0 Å². The summed E-state index contributed by atoms with van der Waals surface area (Å²) < 4.78 is 10.4. The lowest BCUT2D eigenvalue weighted by molar-refractivity contribution is 0.112. The van der Waals surface area contributed by atoms with Gasteiger partial charge in [0.15, 0.2) is 11.5 Å². The molecule has 1 unspecified atom stereocenters. The van der Waals surface area contributed by atoms with Crippen LogP contribution in [0.5, 0.6) is 11.5 Å². The molecule has 0 spiro atoms. The third-order valence-corrected chi connectivity index (χ3v) is 2.26. The molecular formula is C12H17NO3. The molecule has 0 aliphatic carbocycles. The smallest absolute Gasteiger partial charge is 0.163 e. The summed E-state index contributed by atoms with van der Waals surface area (Å²) in [6.45, 7) is 1.90. The van der Waals surface area contributed by atoms with Gasteiger partial charge >= 0.3 is 0 Å². The van der Waals surface area contributed by atoms with Gasteiger partial charge in [-0.2, -0.15) is 0 Å². The first-order valence-electron chi connectivity index (χ1n) is 5.08. The van der Waals surface area contributed by atoms with Crippen LogP contribution in [0.15, 0.2) is 12.1 Å². The molecule has 88 valence electrons. The van der Waals surface area contributed by atoms with Gasteiger partial charge < -0.3 is 15.2 Å². The lowest BCUT2D eigenvalue weighted by Crippen LogP contribution is -2.18. The molecule has 1 rings (SSSR count). The normalized spacial score (nSPS) is 12.0. The third-order valence-electron chi connectivity index (χ3n) is 2.26. The van der Waals surface area contributed by atoms with Crippen molar-refractivity contribution in [2.24, 2.45) is 5.73 Å². The number of carbonyl (C=O) groups excluding carboxylic acids is 1. The average Bonchev–Trinajstić information content (AvgIpc) is 2.27. The van der Waals surface area contributed by atoms with Gasteiger partial charge in [-0.25, -0.2) is 0 Å². The molecule has 0 saturated heterocycles. The van der Waals surface area contributed by atoms with E-state index < -0.39 is 0 Å². The Morgan fingerprint density at radius 1 is 1.38 bits per heavy atom. The molecule has 0 radical (unpaired) electrons. The highest BCUT2D eigenvalue weighted by Crippen LogP contribution is 2.32. The summed E-state index contributed by atoms with van der Waals surface area (Å²) in [7, 11) is 3.12. The predicted octanol–water partition coefficient (Wildman–Crippen LogP) is 1.41. The summed E-state index contributed by atoms with van der Waals surface area (Å²) in [5.74, 6) is 1.20. The van der Waals surface area contributed by atoms with Crippen molar-refractivity contribution in [1.82, 2.24) is 0 Å². The number of rotatable bonds is 5. The van der Waals surface area contributed by atoms with Crippen molar-refractivity contribution in [2.75, 3.05) is 14.2 Å². The van der Waals surface area contributed by atoms with Gasteiger partial charge in [-0.05, 0) is 25.5 Å². The maximum Gasteiger partial charge on any atom is 0.163 e. The Morgan fingerprint density at radius 3 is 2.50 bits per heavy atom. The van der Waals surface area contributed by atoms with Gasteiger partial charge in [0.1, 0.15) is 6.29 Å². The van der Waals surface area contributed by atoms with Crippen LogP contribution in [-0.2, 0) is 6.42 Å². The van der Waals surface area contributed by atoms with Crippen molar-refractivity contribution < 1.29 is 14.3 Å². The van der Waals surface area contributed by atoms with Crippen LogP contribution in [0.25, 0.3) is 0 Å². The average molecular weight is 223 g/mol. The van der Waals surface area contributed by atoms with Gasteiger partial charge in [0.25, 0.3) is 0 Å². The van der Waals surface area contributed by atoms with Crippen molar-refractivity contribution in [3.05, 3.63) is 23.3 Å². The molecule has 1 aromatic rings. The molecule has 4 heteroatoms. The first-order chi connectivity index (χ1) is 7.62. The fourth-order valence-electron chi connectivity index (χ4n) is 1.63. The Morgan fingerprint density at radius 2 is 2.06 bits per heavy atom. The van der Waals surface area contributed by atoms with Crippen LogP contribution in [-0.4, -0.2) is 26.5 Å². The quantitative estimate of drug-likeness (QED) is 0.766. The Hall–Kier alpha value is -1.55. The second kappa shape index (κ2) is 5.51. The largest absolute Gasteiger partial charge is 0.493 e. The van der Waals surface area contributed by atoms with Crippen LogP contribution in [0.3, 0.4) is 0 Å². The molecule has 0 aromatic heterocycles. The first kappa shape index (κ1) is 12.5. The van der Waals surface area contributed by atoms with Gasteiger partial charge in [-0.1, -0.05) is 0 Å². The molecule has 0 heterocycles. The Bertz CT molecular complexity index is 375. The number of benzene rings is 1. The van der Waals surface area contributed by atoms with E-state index in [9.17, 15) is 4.79 Å². The summed E-state index contributed by atoms with van der Waals surface area (Å²) in [5, 5.41) is 0. The van der Waals surface area contributed by atoms with Crippen LogP contribution in [0.4, 0.5) is 0 Å². The maximum atomic E-state index is 10.8. The summed E-state index contributed by atoms with van der Waals surface area (Å²) in [6.07, 6.45) is 1.42. The summed E-state index contributed by atoms with van der Waals surface area (Å²) in [4.78, 5) is 10.8. The van der Waals surface area contributed by atoms with E-state index in [0.717, 1.165) is 11.8 Å². The minimum absolute atomic E-state index is 0.000471. The molecule has 16 heavy (non-hydrogen) atoms. The van der Waals surface area contributed by atoms with Gasteiger partial charge in [0.05, 0.1) is 14.2 Å². The summed E-state index contributed by atoms with van der Waals surface area (Å²) >= 11 is 0. The first-order valence-corrected chi connectivity index (χ1v) is 5.08. The van der Waals surface area contributed by atoms with Crippen LogP contribution < -0.4 is 15.2 Å². The number of aldehydes is 1. The number of methoxy groups -OCH3 is 2. The molecule has 0 aliphatic rings. The van der Waals surface area contributed by atoms with E-state index in [0.29, 0.717) is 23.5 Å². The second-order valence-electron chi connectivity index (χ2n) is 3.71. The van der Waals surface area contributed by atoms with Gasteiger partial charge in [0.2, 0.25) is 0 Å². The monoisotopic (exact) mass is 223 g/mol. The second-order valence-corrected chi connectivity index (χ2v) is 3.71. The SMILES string of the molecule is COc1cc(C=O)cc(CC(C)N)c1OC. The third kappa shape index (κ3) is 2.73. The zero-order valence-corrected chi connectivity index (χ0v) is 9.82. The fourth-order valence-corrected chi connectivity index (χ4v) is 1.63. The van der Waals surface area contributed by atoms with E-state index in [1.165, 1.54) is 0 Å². The van der Waals surface area contributed by atoms with E-state index in [1.807, 2.05) is 6.92 Å². The van der Waals surface area contributed by atoms with E-state index >= 15 is 0 Å².